The zero-order valence-corrected chi connectivity index (χ0v) is 10.9. The summed E-state index contributed by atoms with van der Waals surface area (Å²) >= 11 is 5.39. The minimum absolute atomic E-state index is 0.0462. The van der Waals surface area contributed by atoms with E-state index in [1.165, 1.54) is 7.05 Å². The molecule has 0 spiro atoms. The van der Waals surface area contributed by atoms with Crippen molar-refractivity contribution < 1.29 is 13.2 Å². The number of likely N-dealkylation sites (tertiary alicyclic amines) is 1. The predicted octanol–water partition coefficient (Wildman–Crippen LogP) is 0.109. The van der Waals surface area contributed by atoms with Gasteiger partial charge in [-0.1, -0.05) is 0 Å². The number of carbonyl (C=O) groups excluding carboxylic acids is 1. The molecule has 7 heteroatoms. The van der Waals surface area contributed by atoms with Crippen molar-refractivity contribution in [3.05, 3.63) is 0 Å². The Labute approximate surface area is 101 Å². The zero-order chi connectivity index (χ0) is 12.2. The molecule has 0 aliphatic carbocycles. The number of hydrogen-bond acceptors (Lipinski definition) is 3. The van der Waals surface area contributed by atoms with Crippen molar-refractivity contribution in [1.29, 1.82) is 0 Å². The third-order valence-corrected chi connectivity index (χ3v) is 4.84. The molecule has 0 aromatic heterocycles. The topological polar surface area (TPSA) is 57.7 Å². The van der Waals surface area contributed by atoms with Crippen molar-refractivity contribution >= 4 is 27.5 Å². The SMILES string of the molecule is CN(CC(=O)N1CCCC1)S(=O)(=O)CCCl. The molecule has 1 amide bonds. The smallest absolute Gasteiger partial charge is 0.237 e. The van der Waals surface area contributed by atoms with Crippen LogP contribution in [0, 0.1) is 0 Å². The van der Waals surface area contributed by atoms with E-state index in [9.17, 15) is 13.2 Å². The Morgan fingerprint density at radius 2 is 1.94 bits per heavy atom. The fraction of sp³-hybridized carbons (Fsp3) is 0.889. The van der Waals surface area contributed by atoms with E-state index in [2.05, 4.69) is 0 Å². The number of nitrogens with zero attached hydrogens (tertiary/aromatic N) is 2. The molecule has 0 atom stereocenters. The highest BCUT2D eigenvalue weighted by Crippen LogP contribution is 2.09. The number of rotatable bonds is 5. The molecule has 1 fully saturated rings. The molecule has 1 aliphatic heterocycles. The molecule has 16 heavy (non-hydrogen) atoms. The quantitative estimate of drug-likeness (QED) is 0.665. The molecule has 0 N–H and O–H groups in total. The summed E-state index contributed by atoms with van der Waals surface area (Å²) in [6.07, 6.45) is 2.01. The van der Waals surface area contributed by atoms with Crippen LogP contribution in [0.2, 0.25) is 0 Å². The van der Waals surface area contributed by atoms with Crippen molar-refractivity contribution in [1.82, 2.24) is 9.21 Å². The van der Waals surface area contributed by atoms with E-state index < -0.39 is 10.0 Å². The monoisotopic (exact) mass is 268 g/mol. The lowest BCUT2D eigenvalue weighted by Crippen LogP contribution is -2.40. The number of hydrogen-bond donors (Lipinski definition) is 0. The van der Waals surface area contributed by atoms with Gasteiger partial charge in [0.05, 0.1) is 12.3 Å². The molecule has 0 aromatic rings. The first-order valence-corrected chi connectivity index (χ1v) is 7.39. The summed E-state index contributed by atoms with van der Waals surface area (Å²) in [4.78, 5) is 13.4. The highest BCUT2D eigenvalue weighted by atomic mass is 35.5. The third kappa shape index (κ3) is 3.61. The average molecular weight is 269 g/mol. The number of likely N-dealkylation sites (N-methyl/N-ethyl adjacent to an activating group) is 1. The Balaban J connectivity index is 2.50. The van der Waals surface area contributed by atoms with Gasteiger partial charge in [0.1, 0.15) is 0 Å². The zero-order valence-electron chi connectivity index (χ0n) is 9.36. The number of alkyl halides is 1. The Kier molecular flexibility index (Phi) is 5.01. The Bertz CT molecular complexity index is 339. The first kappa shape index (κ1) is 13.7. The van der Waals surface area contributed by atoms with Crippen molar-refractivity contribution in [3.63, 3.8) is 0 Å². The molecule has 1 heterocycles. The van der Waals surface area contributed by atoms with Gasteiger partial charge in [-0.05, 0) is 12.8 Å². The Hall–Kier alpha value is -0.330. The van der Waals surface area contributed by atoms with E-state index in [0.717, 1.165) is 30.2 Å². The van der Waals surface area contributed by atoms with E-state index >= 15 is 0 Å². The Morgan fingerprint density at radius 1 is 1.38 bits per heavy atom. The first-order valence-electron chi connectivity index (χ1n) is 5.25. The third-order valence-electron chi connectivity index (χ3n) is 2.63. The van der Waals surface area contributed by atoms with Gasteiger partial charge in [-0.15, -0.1) is 11.6 Å². The normalized spacial score (nSPS) is 17.1. The standard InChI is InChI=1S/C9H17ClN2O3S/c1-11(16(14,15)7-4-10)8-9(13)12-5-2-3-6-12/h2-8H2,1H3. The van der Waals surface area contributed by atoms with Crippen LogP contribution in [-0.2, 0) is 14.8 Å². The number of carbonyl (C=O) groups is 1. The van der Waals surface area contributed by atoms with Crippen LogP contribution >= 0.6 is 11.6 Å². The van der Waals surface area contributed by atoms with Crippen LogP contribution in [0.3, 0.4) is 0 Å². The van der Waals surface area contributed by atoms with Gasteiger partial charge < -0.3 is 4.90 Å². The molecule has 94 valence electrons. The Morgan fingerprint density at radius 3 is 2.44 bits per heavy atom. The highest BCUT2D eigenvalue weighted by Gasteiger charge is 2.24. The first-order chi connectivity index (χ1) is 7.47. The summed E-state index contributed by atoms with van der Waals surface area (Å²) in [6, 6.07) is 0. The molecule has 0 unspecified atom stereocenters. The van der Waals surface area contributed by atoms with Crippen LogP contribution in [-0.4, -0.2) is 61.8 Å². The maximum absolute atomic E-state index is 11.7. The maximum Gasteiger partial charge on any atom is 0.237 e. The second kappa shape index (κ2) is 5.84. The van der Waals surface area contributed by atoms with Crippen LogP contribution in [0.25, 0.3) is 0 Å². The fourth-order valence-corrected chi connectivity index (χ4v) is 3.01. The second-order valence-electron chi connectivity index (χ2n) is 3.85. The molecule has 1 saturated heterocycles. The predicted molar refractivity (Wildman–Crippen MR) is 63.0 cm³/mol. The van der Waals surface area contributed by atoms with Gasteiger partial charge in [-0.2, -0.15) is 4.31 Å². The minimum atomic E-state index is -3.38. The van der Waals surface area contributed by atoms with Crippen LogP contribution in [0.4, 0.5) is 0 Å². The molecule has 0 radical (unpaired) electrons. The molecule has 1 rings (SSSR count). The van der Waals surface area contributed by atoms with E-state index in [0.29, 0.717) is 0 Å². The molecule has 0 saturated carbocycles. The highest BCUT2D eigenvalue weighted by molar-refractivity contribution is 7.89. The fourth-order valence-electron chi connectivity index (χ4n) is 1.61. The second-order valence-corrected chi connectivity index (χ2v) is 6.42. The van der Waals surface area contributed by atoms with E-state index in [4.69, 9.17) is 11.6 Å². The van der Waals surface area contributed by atoms with Crippen molar-refractivity contribution in [2.45, 2.75) is 12.8 Å². The molecule has 1 aliphatic rings. The van der Waals surface area contributed by atoms with Gasteiger partial charge in [0.15, 0.2) is 0 Å². The molecule has 0 aromatic carbocycles. The maximum atomic E-state index is 11.7. The van der Waals surface area contributed by atoms with E-state index in [-0.39, 0.29) is 24.1 Å². The number of halogens is 1. The summed E-state index contributed by atoms with van der Waals surface area (Å²) in [5.41, 5.74) is 0. The average Bonchev–Trinajstić information content (AvgIpc) is 2.70. The van der Waals surface area contributed by atoms with Gasteiger partial charge in [0.2, 0.25) is 15.9 Å². The molecular formula is C9H17ClN2O3S. The molecular weight excluding hydrogens is 252 g/mol. The van der Waals surface area contributed by atoms with Crippen LogP contribution in [0.1, 0.15) is 12.8 Å². The van der Waals surface area contributed by atoms with Gasteiger partial charge in [-0.25, -0.2) is 8.42 Å². The number of sulfonamides is 1. The lowest BCUT2D eigenvalue weighted by Gasteiger charge is -2.20. The van der Waals surface area contributed by atoms with Crippen molar-refractivity contribution in [3.8, 4) is 0 Å². The van der Waals surface area contributed by atoms with Gasteiger partial charge in [-0.3, -0.25) is 4.79 Å². The summed E-state index contributed by atoms with van der Waals surface area (Å²) in [6.45, 7) is 1.39. The van der Waals surface area contributed by atoms with Gasteiger partial charge in [0.25, 0.3) is 0 Å². The summed E-state index contributed by atoms with van der Waals surface area (Å²) in [5.74, 6) is -0.207. The van der Waals surface area contributed by atoms with Crippen molar-refractivity contribution in [2.75, 3.05) is 38.3 Å². The van der Waals surface area contributed by atoms with E-state index in [1.54, 1.807) is 4.90 Å². The van der Waals surface area contributed by atoms with Crippen molar-refractivity contribution in [2.24, 2.45) is 0 Å². The number of amides is 1. The molecule has 5 nitrogen and oxygen atoms in total. The van der Waals surface area contributed by atoms with Crippen LogP contribution < -0.4 is 0 Å². The van der Waals surface area contributed by atoms with E-state index in [1.807, 2.05) is 0 Å². The van der Waals surface area contributed by atoms with Gasteiger partial charge >= 0.3 is 0 Å². The lowest BCUT2D eigenvalue weighted by molar-refractivity contribution is -0.130. The van der Waals surface area contributed by atoms with Gasteiger partial charge in [0, 0.05) is 26.0 Å². The van der Waals surface area contributed by atoms with Crippen LogP contribution in [0.5, 0.6) is 0 Å². The lowest BCUT2D eigenvalue weighted by atomic mass is 10.4. The largest absolute Gasteiger partial charge is 0.342 e. The summed E-state index contributed by atoms with van der Waals surface area (Å²) in [5, 5.41) is 0. The minimum Gasteiger partial charge on any atom is -0.342 e. The summed E-state index contributed by atoms with van der Waals surface area (Å²) < 4.78 is 24.2. The molecule has 0 bridgehead atoms. The van der Waals surface area contributed by atoms with Crippen LogP contribution in [0.15, 0.2) is 0 Å². The summed E-state index contributed by atoms with van der Waals surface area (Å²) in [7, 11) is -1.97.